The van der Waals surface area contributed by atoms with E-state index in [-0.39, 0.29) is 5.92 Å². The van der Waals surface area contributed by atoms with E-state index in [1.807, 2.05) is 18.2 Å². The summed E-state index contributed by atoms with van der Waals surface area (Å²) < 4.78 is 9.08. The van der Waals surface area contributed by atoms with Crippen molar-refractivity contribution < 1.29 is 4.42 Å². The largest absolute Gasteiger partial charge is 0.456 e. The van der Waals surface area contributed by atoms with Gasteiger partial charge in [-0.1, -0.05) is 97.1 Å². The SMILES string of the molecule is C1=CCC(c2nc(C3=Cc4oc5cc(-n6c7c(c8cc(-c9ccccc9)ccc86)CCC=C7)ccc5c4CC3)nc(-c3ccccc3)n2)C=C1. The van der Waals surface area contributed by atoms with Crippen molar-refractivity contribution in [1.82, 2.24) is 19.5 Å². The topological polar surface area (TPSA) is 56.7 Å². The molecule has 0 spiro atoms. The maximum Gasteiger partial charge on any atom is 0.163 e. The van der Waals surface area contributed by atoms with Gasteiger partial charge >= 0.3 is 0 Å². The van der Waals surface area contributed by atoms with Crippen LogP contribution in [0.4, 0.5) is 0 Å². The molecular weight excluding hydrogens is 613 g/mol. The highest BCUT2D eigenvalue weighted by atomic mass is 16.3. The highest BCUT2D eigenvalue weighted by Gasteiger charge is 2.25. The van der Waals surface area contributed by atoms with Gasteiger partial charge < -0.3 is 8.98 Å². The van der Waals surface area contributed by atoms with E-state index in [1.165, 1.54) is 44.2 Å². The first-order valence-corrected chi connectivity index (χ1v) is 17.6. The van der Waals surface area contributed by atoms with Crippen LogP contribution in [0.3, 0.4) is 0 Å². The Morgan fingerprint density at radius 1 is 0.660 bits per heavy atom. The first kappa shape index (κ1) is 28.9. The van der Waals surface area contributed by atoms with Gasteiger partial charge in [-0.05, 0) is 85.2 Å². The van der Waals surface area contributed by atoms with E-state index in [0.717, 1.165) is 71.9 Å². The van der Waals surface area contributed by atoms with E-state index in [1.54, 1.807) is 0 Å². The summed E-state index contributed by atoms with van der Waals surface area (Å²) in [7, 11) is 0. The summed E-state index contributed by atoms with van der Waals surface area (Å²) in [6, 6.07) is 34.5. The first-order valence-electron chi connectivity index (χ1n) is 17.6. The van der Waals surface area contributed by atoms with Crippen molar-refractivity contribution in [1.29, 1.82) is 0 Å². The predicted molar refractivity (Wildman–Crippen MR) is 203 cm³/mol. The Morgan fingerprint density at radius 2 is 1.50 bits per heavy atom. The lowest BCUT2D eigenvalue weighted by Gasteiger charge is -2.16. The molecule has 3 aliphatic carbocycles. The lowest BCUT2D eigenvalue weighted by Crippen LogP contribution is -2.10. The minimum absolute atomic E-state index is 0.129. The van der Waals surface area contributed by atoms with Crippen LogP contribution in [-0.4, -0.2) is 19.5 Å². The number of fused-ring (bicyclic) bond motifs is 6. The maximum absolute atomic E-state index is 6.68. The number of aromatic nitrogens is 4. The van der Waals surface area contributed by atoms with E-state index in [0.29, 0.717) is 5.82 Å². The van der Waals surface area contributed by atoms with Crippen LogP contribution in [0.1, 0.15) is 59.4 Å². The van der Waals surface area contributed by atoms with E-state index >= 15 is 0 Å². The molecule has 3 aromatic heterocycles. The van der Waals surface area contributed by atoms with Crippen LogP contribution in [0, 0.1) is 0 Å². The van der Waals surface area contributed by atoms with Gasteiger partial charge in [-0.15, -0.1) is 0 Å². The molecule has 0 saturated heterocycles. The Kier molecular flexibility index (Phi) is 6.83. The van der Waals surface area contributed by atoms with Gasteiger partial charge in [-0.2, -0.15) is 0 Å². The quantitative estimate of drug-likeness (QED) is 0.187. The first-order chi connectivity index (χ1) is 24.8. The number of allylic oxidation sites excluding steroid dienone is 6. The fourth-order valence-electron chi connectivity index (χ4n) is 7.85. The third kappa shape index (κ3) is 4.88. The van der Waals surface area contributed by atoms with Gasteiger partial charge in [0.2, 0.25) is 0 Å². The molecule has 5 nitrogen and oxygen atoms in total. The van der Waals surface area contributed by atoms with E-state index in [4.69, 9.17) is 19.4 Å². The van der Waals surface area contributed by atoms with Gasteiger partial charge in [0.1, 0.15) is 17.2 Å². The van der Waals surface area contributed by atoms with Gasteiger partial charge in [0, 0.05) is 50.8 Å². The van der Waals surface area contributed by atoms with Crippen molar-refractivity contribution in [3.8, 4) is 28.2 Å². The number of furan rings is 1. The van der Waals surface area contributed by atoms with E-state index in [9.17, 15) is 0 Å². The number of rotatable bonds is 5. The minimum atomic E-state index is 0.129. The zero-order valence-corrected chi connectivity index (χ0v) is 27.6. The second-order valence-electron chi connectivity index (χ2n) is 13.4. The molecule has 0 aliphatic heterocycles. The summed E-state index contributed by atoms with van der Waals surface area (Å²) in [4.78, 5) is 15.0. The Labute approximate surface area is 290 Å². The van der Waals surface area contributed by atoms with Crippen LogP contribution >= 0.6 is 0 Å². The predicted octanol–water partition coefficient (Wildman–Crippen LogP) is 10.9. The standard InChI is InChI=1S/C45H34N4O/c1-4-12-29(13-5-1)32-21-25-40-38(26-32)35-18-10-11-19-39(35)49(40)34-22-24-37-36-23-20-33(27-41(36)50-42(37)28-34)45-47-43(30-14-6-2-7-15-30)46-44(48-45)31-16-8-3-9-17-31/h1-9,11-16,19,21-22,24-28,31H,10,17-18,20,23H2. The van der Waals surface area contributed by atoms with Crippen LogP contribution < -0.4 is 0 Å². The summed E-state index contributed by atoms with van der Waals surface area (Å²) in [6.07, 6.45) is 20.0. The molecule has 240 valence electrons. The normalized spacial score (nSPS) is 16.5. The Bertz CT molecular complexity index is 2570. The van der Waals surface area contributed by atoms with Gasteiger partial charge in [-0.3, -0.25) is 0 Å². The van der Waals surface area contributed by atoms with Gasteiger partial charge in [-0.25, -0.2) is 15.0 Å². The molecule has 1 atom stereocenters. The maximum atomic E-state index is 6.68. The lowest BCUT2D eigenvalue weighted by molar-refractivity contribution is 0.596. The second-order valence-corrected chi connectivity index (χ2v) is 13.4. The molecule has 0 radical (unpaired) electrons. The molecule has 0 amide bonds. The molecule has 0 fully saturated rings. The van der Waals surface area contributed by atoms with Crippen molar-refractivity contribution in [2.45, 2.75) is 38.0 Å². The fourth-order valence-corrected chi connectivity index (χ4v) is 7.85. The molecule has 5 heteroatoms. The lowest BCUT2D eigenvalue weighted by atomic mass is 9.94. The molecule has 10 rings (SSSR count). The summed E-state index contributed by atoms with van der Waals surface area (Å²) in [5.74, 6) is 3.28. The number of aryl methyl sites for hydroxylation is 2. The number of hydrogen-bond donors (Lipinski definition) is 0. The monoisotopic (exact) mass is 646 g/mol. The van der Waals surface area contributed by atoms with Crippen LogP contribution in [0.25, 0.3) is 67.8 Å². The van der Waals surface area contributed by atoms with Crippen LogP contribution in [0.2, 0.25) is 0 Å². The van der Waals surface area contributed by atoms with Gasteiger partial charge in [0.25, 0.3) is 0 Å². The van der Waals surface area contributed by atoms with Gasteiger partial charge in [0.15, 0.2) is 11.6 Å². The molecule has 4 aromatic carbocycles. The average Bonchev–Trinajstić information content (AvgIpc) is 3.73. The summed E-state index contributed by atoms with van der Waals surface area (Å²) in [6.45, 7) is 0. The van der Waals surface area contributed by atoms with Crippen molar-refractivity contribution in [2.24, 2.45) is 0 Å². The van der Waals surface area contributed by atoms with Crippen molar-refractivity contribution >= 4 is 39.6 Å². The Hall–Kier alpha value is -6.07. The summed E-state index contributed by atoms with van der Waals surface area (Å²) in [5, 5.41) is 2.50. The van der Waals surface area contributed by atoms with Crippen LogP contribution in [0.15, 0.2) is 132 Å². The number of benzene rings is 4. The smallest absolute Gasteiger partial charge is 0.163 e. The molecule has 0 N–H and O–H groups in total. The highest BCUT2D eigenvalue weighted by molar-refractivity contribution is 5.96. The van der Waals surface area contributed by atoms with E-state index in [2.05, 4.69) is 126 Å². The second kappa shape index (κ2) is 11.8. The Balaban J connectivity index is 1.06. The van der Waals surface area contributed by atoms with Crippen LogP contribution in [-0.2, 0) is 12.8 Å². The number of nitrogens with zero attached hydrogens (tertiary/aromatic N) is 4. The molecular formula is C45H34N4O. The van der Waals surface area contributed by atoms with Crippen molar-refractivity contribution in [3.63, 3.8) is 0 Å². The summed E-state index contributed by atoms with van der Waals surface area (Å²) >= 11 is 0. The van der Waals surface area contributed by atoms with Crippen LogP contribution in [0.5, 0.6) is 0 Å². The molecule has 0 bridgehead atoms. The molecule has 3 aliphatic rings. The molecule has 3 heterocycles. The molecule has 0 saturated carbocycles. The zero-order valence-electron chi connectivity index (χ0n) is 27.6. The number of hydrogen-bond acceptors (Lipinski definition) is 4. The minimum Gasteiger partial charge on any atom is -0.456 e. The van der Waals surface area contributed by atoms with Gasteiger partial charge in [0.05, 0.1) is 5.52 Å². The van der Waals surface area contributed by atoms with Crippen molar-refractivity contribution in [2.75, 3.05) is 0 Å². The average molecular weight is 647 g/mol. The Morgan fingerprint density at radius 3 is 2.34 bits per heavy atom. The molecule has 50 heavy (non-hydrogen) atoms. The molecule has 1 unspecified atom stereocenters. The third-order valence-corrected chi connectivity index (χ3v) is 10.4. The van der Waals surface area contributed by atoms with E-state index < -0.39 is 0 Å². The molecule has 7 aromatic rings. The highest BCUT2D eigenvalue weighted by Crippen LogP contribution is 2.40. The third-order valence-electron chi connectivity index (χ3n) is 10.4. The summed E-state index contributed by atoms with van der Waals surface area (Å²) in [5.41, 5.74) is 11.7. The fraction of sp³-hybridized carbons (Fsp3) is 0.133. The zero-order chi connectivity index (χ0) is 33.0. The van der Waals surface area contributed by atoms with Crippen molar-refractivity contribution in [3.05, 3.63) is 162 Å².